The summed E-state index contributed by atoms with van der Waals surface area (Å²) in [5.41, 5.74) is 2.77. The number of hydrogen-bond acceptors (Lipinski definition) is 2. The largest absolute Gasteiger partial charge is 0.378 e. The third-order valence-corrected chi connectivity index (χ3v) is 3.85. The molecule has 0 saturated carbocycles. The van der Waals surface area contributed by atoms with Gasteiger partial charge in [0, 0.05) is 12.6 Å². The maximum Gasteiger partial charge on any atom is 0.0587 e. The zero-order valence-corrected chi connectivity index (χ0v) is 11.6. The van der Waals surface area contributed by atoms with Crippen molar-refractivity contribution in [3.05, 3.63) is 35.4 Å². The van der Waals surface area contributed by atoms with E-state index in [0.717, 1.165) is 19.6 Å². The van der Waals surface area contributed by atoms with Crippen LogP contribution in [0, 0.1) is 6.92 Å². The summed E-state index contributed by atoms with van der Waals surface area (Å²) in [6, 6.07) is 9.03. The molecule has 2 atom stereocenters. The van der Waals surface area contributed by atoms with Crippen LogP contribution in [-0.2, 0) is 4.74 Å². The molecule has 2 unspecified atom stereocenters. The van der Waals surface area contributed by atoms with Gasteiger partial charge in [-0.2, -0.15) is 0 Å². The molecule has 0 radical (unpaired) electrons. The van der Waals surface area contributed by atoms with Crippen molar-refractivity contribution in [1.29, 1.82) is 0 Å². The summed E-state index contributed by atoms with van der Waals surface area (Å²) in [7, 11) is 0. The first-order chi connectivity index (χ1) is 8.77. The Kier molecular flexibility index (Phi) is 5.21. The summed E-state index contributed by atoms with van der Waals surface area (Å²) in [5.74, 6) is 0. The number of aryl methyl sites for hydroxylation is 1. The molecule has 0 aliphatic carbocycles. The first-order valence-electron chi connectivity index (χ1n) is 7.18. The lowest BCUT2D eigenvalue weighted by Gasteiger charge is -2.24. The topological polar surface area (TPSA) is 21.3 Å². The molecule has 0 bridgehead atoms. The molecule has 2 heteroatoms. The molecule has 1 aliphatic heterocycles. The van der Waals surface area contributed by atoms with Gasteiger partial charge < -0.3 is 10.1 Å². The van der Waals surface area contributed by atoms with E-state index in [1.807, 2.05) is 0 Å². The van der Waals surface area contributed by atoms with E-state index >= 15 is 0 Å². The van der Waals surface area contributed by atoms with Crippen molar-refractivity contribution in [2.24, 2.45) is 0 Å². The van der Waals surface area contributed by atoms with Crippen LogP contribution in [-0.4, -0.2) is 19.3 Å². The number of hydrogen-bond donors (Lipinski definition) is 1. The summed E-state index contributed by atoms with van der Waals surface area (Å²) in [6.45, 7) is 6.42. The number of ether oxygens (including phenoxy) is 1. The van der Waals surface area contributed by atoms with E-state index in [2.05, 4.69) is 43.4 Å². The molecule has 0 aromatic heterocycles. The van der Waals surface area contributed by atoms with Crippen molar-refractivity contribution in [2.75, 3.05) is 13.2 Å². The monoisotopic (exact) mass is 247 g/mol. The van der Waals surface area contributed by atoms with Crippen LogP contribution in [0.4, 0.5) is 0 Å². The number of rotatable bonds is 5. The van der Waals surface area contributed by atoms with Gasteiger partial charge in [0.15, 0.2) is 0 Å². The quantitative estimate of drug-likeness (QED) is 0.858. The molecule has 1 saturated heterocycles. The second-order valence-electron chi connectivity index (χ2n) is 5.31. The van der Waals surface area contributed by atoms with E-state index in [1.165, 1.54) is 30.4 Å². The second-order valence-corrected chi connectivity index (χ2v) is 5.31. The fourth-order valence-corrected chi connectivity index (χ4v) is 2.68. The van der Waals surface area contributed by atoms with Crippen molar-refractivity contribution < 1.29 is 4.74 Å². The van der Waals surface area contributed by atoms with Gasteiger partial charge in [-0.25, -0.2) is 0 Å². The Morgan fingerprint density at radius 2 is 2.17 bits per heavy atom. The average molecular weight is 247 g/mol. The lowest BCUT2D eigenvalue weighted by Crippen LogP contribution is -2.27. The van der Waals surface area contributed by atoms with Crippen molar-refractivity contribution >= 4 is 0 Å². The predicted octanol–water partition coefficient (Wildman–Crippen LogP) is 3.60. The highest BCUT2D eigenvalue weighted by molar-refractivity contribution is 5.28. The standard InChI is InChI=1S/C16H25NO/c1-13-7-3-4-9-16(13)14(2)17-11-10-15-8-5-6-12-18-15/h3-4,7,9,14-15,17H,5-6,8,10-12H2,1-2H3. The highest BCUT2D eigenvalue weighted by Gasteiger charge is 2.14. The van der Waals surface area contributed by atoms with Crippen LogP contribution >= 0.6 is 0 Å². The van der Waals surface area contributed by atoms with Crippen LogP contribution in [0.15, 0.2) is 24.3 Å². The number of benzene rings is 1. The molecule has 1 heterocycles. The van der Waals surface area contributed by atoms with Gasteiger partial charge in [0.1, 0.15) is 0 Å². The lowest BCUT2D eigenvalue weighted by molar-refractivity contribution is 0.0112. The maximum atomic E-state index is 5.75. The minimum Gasteiger partial charge on any atom is -0.378 e. The van der Waals surface area contributed by atoms with Gasteiger partial charge in [0.05, 0.1) is 6.10 Å². The summed E-state index contributed by atoms with van der Waals surface area (Å²) in [4.78, 5) is 0. The molecular weight excluding hydrogens is 222 g/mol. The fraction of sp³-hybridized carbons (Fsp3) is 0.625. The molecule has 1 fully saturated rings. The molecule has 0 spiro atoms. The van der Waals surface area contributed by atoms with Gasteiger partial charge in [0.2, 0.25) is 0 Å². The van der Waals surface area contributed by atoms with Crippen molar-refractivity contribution in [3.63, 3.8) is 0 Å². The molecule has 1 aliphatic rings. The van der Waals surface area contributed by atoms with Crippen LogP contribution in [0.5, 0.6) is 0 Å². The molecule has 1 aromatic carbocycles. The first kappa shape index (κ1) is 13.6. The Bertz CT molecular complexity index is 358. The van der Waals surface area contributed by atoms with Crippen molar-refractivity contribution in [2.45, 2.75) is 51.7 Å². The maximum absolute atomic E-state index is 5.75. The van der Waals surface area contributed by atoms with E-state index in [9.17, 15) is 0 Å². The van der Waals surface area contributed by atoms with Crippen LogP contribution in [0.3, 0.4) is 0 Å². The highest BCUT2D eigenvalue weighted by Crippen LogP contribution is 2.18. The zero-order valence-electron chi connectivity index (χ0n) is 11.6. The Balaban J connectivity index is 1.74. The third kappa shape index (κ3) is 3.82. The summed E-state index contributed by atoms with van der Waals surface area (Å²) in [5, 5.41) is 3.61. The predicted molar refractivity (Wildman–Crippen MR) is 75.8 cm³/mol. The van der Waals surface area contributed by atoms with Gasteiger partial charge >= 0.3 is 0 Å². The highest BCUT2D eigenvalue weighted by atomic mass is 16.5. The SMILES string of the molecule is Cc1ccccc1C(C)NCCC1CCCCO1. The van der Waals surface area contributed by atoms with E-state index in [4.69, 9.17) is 4.74 Å². The molecule has 1 N–H and O–H groups in total. The molecule has 18 heavy (non-hydrogen) atoms. The molecule has 2 rings (SSSR count). The summed E-state index contributed by atoms with van der Waals surface area (Å²) >= 11 is 0. The smallest absolute Gasteiger partial charge is 0.0587 e. The molecule has 100 valence electrons. The van der Waals surface area contributed by atoms with Crippen LogP contribution in [0.2, 0.25) is 0 Å². The Hall–Kier alpha value is -0.860. The summed E-state index contributed by atoms with van der Waals surface area (Å²) < 4.78 is 5.75. The minimum absolute atomic E-state index is 0.426. The Labute approximate surface area is 111 Å². The summed E-state index contributed by atoms with van der Waals surface area (Å²) in [6.07, 6.45) is 5.42. The minimum atomic E-state index is 0.426. The average Bonchev–Trinajstić information content (AvgIpc) is 2.40. The van der Waals surface area contributed by atoms with E-state index in [1.54, 1.807) is 0 Å². The Morgan fingerprint density at radius 1 is 1.33 bits per heavy atom. The normalized spacial score (nSPS) is 21.8. The first-order valence-corrected chi connectivity index (χ1v) is 7.18. The van der Waals surface area contributed by atoms with Crippen molar-refractivity contribution in [3.8, 4) is 0 Å². The van der Waals surface area contributed by atoms with Crippen LogP contribution in [0.1, 0.15) is 49.8 Å². The van der Waals surface area contributed by atoms with Crippen LogP contribution < -0.4 is 5.32 Å². The van der Waals surface area contributed by atoms with Crippen LogP contribution in [0.25, 0.3) is 0 Å². The zero-order chi connectivity index (χ0) is 12.8. The second kappa shape index (κ2) is 6.91. The molecule has 1 aromatic rings. The molecule has 2 nitrogen and oxygen atoms in total. The third-order valence-electron chi connectivity index (χ3n) is 3.85. The number of nitrogens with one attached hydrogen (secondary N) is 1. The van der Waals surface area contributed by atoms with Gasteiger partial charge in [0.25, 0.3) is 0 Å². The van der Waals surface area contributed by atoms with E-state index < -0.39 is 0 Å². The van der Waals surface area contributed by atoms with Gasteiger partial charge in [-0.1, -0.05) is 24.3 Å². The van der Waals surface area contributed by atoms with E-state index in [0.29, 0.717) is 12.1 Å². The van der Waals surface area contributed by atoms with Gasteiger partial charge in [-0.15, -0.1) is 0 Å². The van der Waals surface area contributed by atoms with E-state index in [-0.39, 0.29) is 0 Å². The van der Waals surface area contributed by atoms with Crippen molar-refractivity contribution in [1.82, 2.24) is 5.32 Å². The van der Waals surface area contributed by atoms with Gasteiger partial charge in [-0.3, -0.25) is 0 Å². The lowest BCUT2D eigenvalue weighted by atomic mass is 10.0. The Morgan fingerprint density at radius 3 is 2.89 bits per heavy atom. The fourth-order valence-electron chi connectivity index (χ4n) is 2.68. The molecule has 0 amide bonds. The van der Waals surface area contributed by atoms with Gasteiger partial charge in [-0.05, 0) is 57.2 Å². The molecular formula is C16H25NO.